The molecule has 0 bridgehead atoms. The Hall–Kier alpha value is -4.23. The SMILES string of the molecule is CCOC(=O)c1ccc(C#Cc2ccc(O)cc2C(F)(F)F)c(-c2ccc(C#N)cc2)c1. The van der Waals surface area contributed by atoms with Gasteiger partial charge in [-0.25, -0.2) is 4.79 Å². The van der Waals surface area contributed by atoms with Gasteiger partial charge in [0.25, 0.3) is 0 Å². The minimum absolute atomic E-state index is 0.188. The molecule has 0 aliphatic rings. The van der Waals surface area contributed by atoms with Crippen LogP contribution in [0, 0.1) is 23.2 Å². The third kappa shape index (κ3) is 5.08. The van der Waals surface area contributed by atoms with Crippen LogP contribution in [0.5, 0.6) is 5.75 Å². The van der Waals surface area contributed by atoms with Gasteiger partial charge in [0, 0.05) is 11.1 Å². The molecule has 0 aliphatic carbocycles. The standard InChI is InChI=1S/C25H16F3NO3/c1-2-32-24(31)20-10-8-18(22(13-20)17-5-3-16(15-29)4-6-17)7-9-19-11-12-21(30)14-23(19)25(26,27)28/h3-6,8,10-14,30H,2H2,1H3. The van der Waals surface area contributed by atoms with E-state index in [1.165, 1.54) is 12.1 Å². The molecule has 0 aromatic heterocycles. The molecular weight excluding hydrogens is 419 g/mol. The Morgan fingerprint density at radius 3 is 2.28 bits per heavy atom. The third-order valence-corrected chi connectivity index (χ3v) is 4.50. The van der Waals surface area contributed by atoms with Crippen molar-refractivity contribution in [2.45, 2.75) is 13.1 Å². The summed E-state index contributed by atoms with van der Waals surface area (Å²) in [7, 11) is 0. The first kappa shape index (κ1) is 22.5. The second-order valence-electron chi connectivity index (χ2n) is 6.65. The number of nitrogens with zero attached hydrogens (tertiary/aromatic N) is 1. The Balaban J connectivity index is 2.14. The van der Waals surface area contributed by atoms with Crippen molar-refractivity contribution in [2.75, 3.05) is 6.61 Å². The number of aromatic hydroxyl groups is 1. The first-order valence-electron chi connectivity index (χ1n) is 9.47. The minimum Gasteiger partial charge on any atom is -0.508 e. The fraction of sp³-hybridized carbons (Fsp3) is 0.120. The molecule has 7 heteroatoms. The molecule has 0 amide bonds. The number of phenolic OH excluding ortho intramolecular Hbond substituents is 1. The topological polar surface area (TPSA) is 70.3 Å². The summed E-state index contributed by atoms with van der Waals surface area (Å²) in [5.74, 6) is 4.20. The van der Waals surface area contributed by atoms with E-state index >= 15 is 0 Å². The summed E-state index contributed by atoms with van der Waals surface area (Å²) in [5, 5.41) is 18.4. The van der Waals surface area contributed by atoms with Crippen molar-refractivity contribution >= 4 is 5.97 Å². The van der Waals surface area contributed by atoms with Gasteiger partial charge in [0.2, 0.25) is 0 Å². The van der Waals surface area contributed by atoms with Gasteiger partial charge >= 0.3 is 12.1 Å². The zero-order valence-corrected chi connectivity index (χ0v) is 16.8. The largest absolute Gasteiger partial charge is 0.508 e. The normalized spacial score (nSPS) is 10.6. The van der Waals surface area contributed by atoms with Crippen LogP contribution in [-0.2, 0) is 10.9 Å². The summed E-state index contributed by atoms with van der Waals surface area (Å²) in [6, 6.07) is 15.9. The van der Waals surface area contributed by atoms with E-state index in [9.17, 15) is 23.1 Å². The number of alkyl halides is 3. The Bertz CT molecular complexity index is 1260. The van der Waals surface area contributed by atoms with Crippen LogP contribution in [0.3, 0.4) is 0 Å². The molecule has 0 heterocycles. The monoisotopic (exact) mass is 435 g/mol. The predicted octanol–water partition coefficient (Wildman–Crippen LogP) is 5.53. The fourth-order valence-electron chi connectivity index (χ4n) is 2.97. The number of nitriles is 1. The lowest BCUT2D eigenvalue weighted by molar-refractivity contribution is -0.137. The number of carbonyl (C=O) groups excluding carboxylic acids is 1. The highest BCUT2D eigenvalue weighted by Crippen LogP contribution is 2.34. The number of halogens is 3. The molecular formula is C25H16F3NO3. The molecule has 0 atom stereocenters. The van der Waals surface area contributed by atoms with Gasteiger partial charge in [-0.1, -0.05) is 24.0 Å². The van der Waals surface area contributed by atoms with E-state index in [-0.39, 0.29) is 17.7 Å². The van der Waals surface area contributed by atoms with Crippen LogP contribution >= 0.6 is 0 Å². The first-order valence-corrected chi connectivity index (χ1v) is 9.47. The Kier molecular flexibility index (Phi) is 6.51. The van der Waals surface area contributed by atoms with Crippen LogP contribution in [-0.4, -0.2) is 17.7 Å². The average molecular weight is 435 g/mol. The van der Waals surface area contributed by atoms with E-state index < -0.39 is 23.5 Å². The Morgan fingerprint density at radius 2 is 1.66 bits per heavy atom. The minimum atomic E-state index is -4.69. The van der Waals surface area contributed by atoms with Gasteiger partial charge in [-0.05, 0) is 66.6 Å². The average Bonchev–Trinajstić information content (AvgIpc) is 2.78. The zero-order valence-electron chi connectivity index (χ0n) is 16.8. The van der Waals surface area contributed by atoms with Gasteiger partial charge in [-0.3, -0.25) is 0 Å². The lowest BCUT2D eigenvalue weighted by Gasteiger charge is -2.10. The van der Waals surface area contributed by atoms with Crippen LogP contribution < -0.4 is 0 Å². The summed E-state index contributed by atoms with van der Waals surface area (Å²) >= 11 is 0. The molecule has 3 rings (SSSR count). The van der Waals surface area contributed by atoms with Crippen LogP contribution in [0.2, 0.25) is 0 Å². The van der Waals surface area contributed by atoms with Crippen molar-refractivity contribution in [2.24, 2.45) is 0 Å². The van der Waals surface area contributed by atoms with Gasteiger partial charge in [0.1, 0.15) is 5.75 Å². The van der Waals surface area contributed by atoms with Crippen molar-refractivity contribution in [3.8, 4) is 34.8 Å². The van der Waals surface area contributed by atoms with Crippen molar-refractivity contribution in [1.29, 1.82) is 5.26 Å². The van der Waals surface area contributed by atoms with Crippen molar-refractivity contribution in [3.05, 3.63) is 88.5 Å². The highest BCUT2D eigenvalue weighted by Gasteiger charge is 2.33. The van der Waals surface area contributed by atoms with Gasteiger partial charge in [-0.2, -0.15) is 18.4 Å². The van der Waals surface area contributed by atoms with Crippen LogP contribution in [0.15, 0.2) is 60.7 Å². The quantitative estimate of drug-likeness (QED) is 0.434. The summed E-state index contributed by atoms with van der Waals surface area (Å²) < 4.78 is 45.0. The van der Waals surface area contributed by atoms with E-state index in [0.29, 0.717) is 28.3 Å². The number of ether oxygens (including phenoxy) is 1. The second kappa shape index (κ2) is 9.28. The summed E-state index contributed by atoms with van der Waals surface area (Å²) in [5.41, 5.74) is 0.855. The van der Waals surface area contributed by atoms with E-state index in [1.54, 1.807) is 37.3 Å². The Morgan fingerprint density at radius 1 is 1.00 bits per heavy atom. The van der Waals surface area contributed by atoms with E-state index in [2.05, 4.69) is 11.8 Å². The molecule has 4 nitrogen and oxygen atoms in total. The second-order valence-corrected chi connectivity index (χ2v) is 6.65. The lowest BCUT2D eigenvalue weighted by Crippen LogP contribution is -2.07. The molecule has 3 aromatic rings. The Labute approximate surface area is 182 Å². The molecule has 0 aliphatic heterocycles. The number of carbonyl (C=O) groups is 1. The van der Waals surface area contributed by atoms with Crippen molar-refractivity contribution < 1.29 is 27.8 Å². The molecule has 32 heavy (non-hydrogen) atoms. The third-order valence-electron chi connectivity index (χ3n) is 4.50. The summed E-state index contributed by atoms with van der Waals surface area (Å²) in [6.45, 7) is 1.86. The molecule has 3 aromatic carbocycles. The maximum atomic E-state index is 13.3. The molecule has 0 radical (unpaired) electrons. The van der Waals surface area contributed by atoms with E-state index in [1.807, 2.05) is 6.07 Å². The van der Waals surface area contributed by atoms with Crippen LogP contribution in [0.1, 0.15) is 39.5 Å². The van der Waals surface area contributed by atoms with E-state index in [4.69, 9.17) is 10.00 Å². The van der Waals surface area contributed by atoms with Crippen LogP contribution in [0.4, 0.5) is 13.2 Å². The summed E-state index contributed by atoms with van der Waals surface area (Å²) in [4.78, 5) is 12.2. The molecule has 0 spiro atoms. The van der Waals surface area contributed by atoms with Gasteiger partial charge in [-0.15, -0.1) is 0 Å². The van der Waals surface area contributed by atoms with E-state index in [0.717, 1.165) is 12.1 Å². The molecule has 0 fully saturated rings. The zero-order chi connectivity index (χ0) is 23.3. The highest BCUT2D eigenvalue weighted by molar-refractivity contribution is 5.92. The number of esters is 1. The van der Waals surface area contributed by atoms with Crippen molar-refractivity contribution in [3.63, 3.8) is 0 Å². The van der Waals surface area contributed by atoms with Crippen LogP contribution in [0.25, 0.3) is 11.1 Å². The van der Waals surface area contributed by atoms with Crippen molar-refractivity contribution in [1.82, 2.24) is 0 Å². The lowest BCUT2D eigenvalue weighted by atomic mass is 9.96. The molecule has 0 unspecified atom stereocenters. The smallest absolute Gasteiger partial charge is 0.417 e. The van der Waals surface area contributed by atoms with Gasteiger partial charge < -0.3 is 9.84 Å². The predicted molar refractivity (Wildman–Crippen MR) is 112 cm³/mol. The summed E-state index contributed by atoms with van der Waals surface area (Å²) in [6.07, 6.45) is -4.69. The molecule has 0 saturated heterocycles. The first-order chi connectivity index (χ1) is 15.2. The number of benzene rings is 3. The van der Waals surface area contributed by atoms with Gasteiger partial charge in [0.05, 0.1) is 29.4 Å². The molecule has 1 N–H and O–H groups in total. The molecule has 160 valence electrons. The van der Waals surface area contributed by atoms with Gasteiger partial charge in [0.15, 0.2) is 0 Å². The number of hydrogen-bond donors (Lipinski definition) is 1. The number of hydrogen-bond acceptors (Lipinski definition) is 4. The number of phenols is 1. The molecule has 0 saturated carbocycles. The maximum Gasteiger partial charge on any atom is 0.417 e. The highest BCUT2D eigenvalue weighted by atomic mass is 19.4. The fourth-order valence-corrected chi connectivity index (χ4v) is 2.97. The number of rotatable bonds is 3. The maximum absolute atomic E-state index is 13.3.